The summed E-state index contributed by atoms with van der Waals surface area (Å²) in [4.78, 5) is 23.8. The minimum atomic E-state index is -0.280. The topological polar surface area (TPSA) is 70.2 Å². The van der Waals surface area contributed by atoms with Gasteiger partial charge in [-0.2, -0.15) is 0 Å². The van der Waals surface area contributed by atoms with Gasteiger partial charge in [-0.3, -0.25) is 4.79 Å². The van der Waals surface area contributed by atoms with Crippen LogP contribution in [0, 0.1) is 18.7 Å². The standard InChI is InChI=1S/C23H24FN5O/c1-14-2-5-17(24)11-18(14)20-10-16-13-26-21(28-23(30)15-3-4-15)12-19(16)22(27-20)29-8-6-25-7-9-29/h2,5,10-13,15,25H,3-4,6-9H2,1H3,(H,26,28,30). The summed E-state index contributed by atoms with van der Waals surface area (Å²) in [6.07, 6.45) is 3.66. The Morgan fingerprint density at radius 3 is 2.77 bits per heavy atom. The van der Waals surface area contributed by atoms with Crippen LogP contribution < -0.4 is 15.5 Å². The summed E-state index contributed by atoms with van der Waals surface area (Å²) in [5.74, 6) is 1.26. The number of piperazine rings is 1. The number of hydrogen-bond acceptors (Lipinski definition) is 5. The number of fused-ring (bicyclic) bond motifs is 1. The molecule has 0 bridgehead atoms. The maximum absolute atomic E-state index is 13.9. The Hall–Kier alpha value is -3.06. The first-order chi connectivity index (χ1) is 14.6. The van der Waals surface area contributed by atoms with Crippen LogP contribution in [0.25, 0.3) is 22.0 Å². The molecule has 0 unspecified atom stereocenters. The van der Waals surface area contributed by atoms with Gasteiger partial charge in [-0.15, -0.1) is 0 Å². The molecule has 0 radical (unpaired) electrons. The molecule has 2 aliphatic rings. The molecule has 0 spiro atoms. The van der Waals surface area contributed by atoms with Gasteiger partial charge >= 0.3 is 0 Å². The van der Waals surface area contributed by atoms with E-state index >= 15 is 0 Å². The molecule has 6 nitrogen and oxygen atoms in total. The number of benzene rings is 1. The highest BCUT2D eigenvalue weighted by molar-refractivity contribution is 5.99. The molecule has 3 heterocycles. The number of carbonyl (C=O) groups is 1. The molecular weight excluding hydrogens is 381 g/mol. The lowest BCUT2D eigenvalue weighted by Gasteiger charge is -2.30. The van der Waals surface area contributed by atoms with E-state index in [-0.39, 0.29) is 17.6 Å². The van der Waals surface area contributed by atoms with Crippen molar-refractivity contribution in [2.45, 2.75) is 19.8 Å². The van der Waals surface area contributed by atoms with Crippen LogP contribution in [-0.4, -0.2) is 42.1 Å². The fourth-order valence-corrected chi connectivity index (χ4v) is 3.90. The number of nitrogens with zero attached hydrogens (tertiary/aromatic N) is 3. The molecule has 2 aromatic heterocycles. The third-order valence-electron chi connectivity index (χ3n) is 5.79. The average Bonchev–Trinajstić information content (AvgIpc) is 3.61. The van der Waals surface area contributed by atoms with E-state index in [1.807, 2.05) is 19.1 Å². The maximum Gasteiger partial charge on any atom is 0.228 e. The van der Waals surface area contributed by atoms with Gasteiger partial charge in [-0.25, -0.2) is 14.4 Å². The molecule has 1 saturated carbocycles. The van der Waals surface area contributed by atoms with Crippen molar-refractivity contribution < 1.29 is 9.18 Å². The molecular formula is C23H24FN5O. The molecule has 154 valence electrons. The highest BCUT2D eigenvalue weighted by Gasteiger charge is 2.30. The number of pyridine rings is 2. The molecule has 1 saturated heterocycles. The third-order valence-corrected chi connectivity index (χ3v) is 5.79. The Balaban J connectivity index is 1.62. The van der Waals surface area contributed by atoms with E-state index in [0.29, 0.717) is 5.82 Å². The van der Waals surface area contributed by atoms with E-state index in [1.54, 1.807) is 12.3 Å². The largest absolute Gasteiger partial charge is 0.354 e. The van der Waals surface area contributed by atoms with Crippen molar-refractivity contribution >= 4 is 28.3 Å². The number of anilines is 2. The van der Waals surface area contributed by atoms with Crippen LogP contribution in [0.2, 0.25) is 0 Å². The fourth-order valence-electron chi connectivity index (χ4n) is 3.90. The Bertz CT molecular complexity index is 1120. The number of aryl methyl sites for hydroxylation is 1. The van der Waals surface area contributed by atoms with Crippen molar-refractivity contribution in [3.63, 3.8) is 0 Å². The summed E-state index contributed by atoms with van der Waals surface area (Å²) < 4.78 is 13.9. The molecule has 5 rings (SSSR count). The molecule has 7 heteroatoms. The molecule has 30 heavy (non-hydrogen) atoms. The van der Waals surface area contributed by atoms with E-state index in [0.717, 1.165) is 72.4 Å². The average molecular weight is 405 g/mol. The lowest BCUT2D eigenvalue weighted by Crippen LogP contribution is -2.44. The van der Waals surface area contributed by atoms with Crippen molar-refractivity contribution in [2.75, 3.05) is 36.4 Å². The van der Waals surface area contributed by atoms with Crippen LogP contribution in [0.3, 0.4) is 0 Å². The van der Waals surface area contributed by atoms with Gasteiger partial charge in [0.05, 0.1) is 5.69 Å². The minimum absolute atomic E-state index is 0.0329. The Labute approximate surface area is 174 Å². The van der Waals surface area contributed by atoms with Crippen molar-refractivity contribution in [3.05, 3.63) is 47.9 Å². The van der Waals surface area contributed by atoms with E-state index in [1.165, 1.54) is 12.1 Å². The van der Waals surface area contributed by atoms with Gasteiger partial charge in [0.1, 0.15) is 17.5 Å². The first-order valence-electron chi connectivity index (χ1n) is 10.4. The Morgan fingerprint density at radius 1 is 1.20 bits per heavy atom. The second-order valence-corrected chi connectivity index (χ2v) is 8.08. The van der Waals surface area contributed by atoms with Crippen LogP contribution in [-0.2, 0) is 4.79 Å². The summed E-state index contributed by atoms with van der Waals surface area (Å²) in [5.41, 5.74) is 2.47. The second kappa shape index (κ2) is 7.65. The number of rotatable bonds is 4. The van der Waals surface area contributed by atoms with Crippen LogP contribution in [0.5, 0.6) is 0 Å². The first kappa shape index (κ1) is 18.9. The highest BCUT2D eigenvalue weighted by atomic mass is 19.1. The van der Waals surface area contributed by atoms with Crippen molar-refractivity contribution in [3.8, 4) is 11.3 Å². The number of amides is 1. The molecule has 1 aliphatic heterocycles. The monoisotopic (exact) mass is 405 g/mol. The molecule has 2 N–H and O–H groups in total. The van der Waals surface area contributed by atoms with E-state index in [2.05, 4.69) is 20.5 Å². The van der Waals surface area contributed by atoms with Crippen molar-refractivity contribution in [2.24, 2.45) is 5.92 Å². The van der Waals surface area contributed by atoms with E-state index < -0.39 is 0 Å². The van der Waals surface area contributed by atoms with Gasteiger partial charge < -0.3 is 15.5 Å². The number of aromatic nitrogens is 2. The molecule has 1 aliphatic carbocycles. The highest BCUT2D eigenvalue weighted by Crippen LogP contribution is 2.34. The number of nitrogens with one attached hydrogen (secondary N) is 2. The SMILES string of the molecule is Cc1ccc(F)cc1-c1cc2cnc(NC(=O)C3CC3)cc2c(N2CCNCC2)n1. The number of hydrogen-bond donors (Lipinski definition) is 2. The zero-order valence-corrected chi connectivity index (χ0v) is 16.9. The summed E-state index contributed by atoms with van der Waals surface area (Å²) in [5, 5.41) is 8.15. The van der Waals surface area contributed by atoms with Crippen molar-refractivity contribution in [1.82, 2.24) is 15.3 Å². The first-order valence-corrected chi connectivity index (χ1v) is 10.4. The summed E-state index contributed by atoms with van der Waals surface area (Å²) >= 11 is 0. The minimum Gasteiger partial charge on any atom is -0.354 e. The lowest BCUT2D eigenvalue weighted by molar-refractivity contribution is -0.117. The second-order valence-electron chi connectivity index (χ2n) is 8.08. The van der Waals surface area contributed by atoms with Crippen LogP contribution in [0.1, 0.15) is 18.4 Å². The van der Waals surface area contributed by atoms with Gasteiger partial charge in [0.25, 0.3) is 0 Å². The Kier molecular flexibility index (Phi) is 4.83. The van der Waals surface area contributed by atoms with Gasteiger partial charge in [-0.05, 0) is 49.6 Å². The predicted octanol–water partition coefficient (Wildman–Crippen LogP) is 3.50. The molecule has 0 atom stereocenters. The van der Waals surface area contributed by atoms with Crippen molar-refractivity contribution in [1.29, 1.82) is 0 Å². The number of carbonyl (C=O) groups excluding carboxylic acids is 1. The van der Waals surface area contributed by atoms with Gasteiger partial charge in [0.15, 0.2) is 0 Å². The van der Waals surface area contributed by atoms with Crippen LogP contribution in [0.15, 0.2) is 36.5 Å². The maximum atomic E-state index is 13.9. The normalized spacial score (nSPS) is 16.7. The summed E-state index contributed by atoms with van der Waals surface area (Å²) in [7, 11) is 0. The fraction of sp³-hybridized carbons (Fsp3) is 0.348. The lowest BCUT2D eigenvalue weighted by atomic mass is 10.0. The molecule has 1 amide bonds. The zero-order valence-electron chi connectivity index (χ0n) is 16.9. The molecule has 1 aromatic carbocycles. The quantitative estimate of drug-likeness (QED) is 0.695. The number of halogens is 1. The van der Waals surface area contributed by atoms with Crippen LogP contribution >= 0.6 is 0 Å². The van der Waals surface area contributed by atoms with Gasteiger partial charge in [0.2, 0.25) is 5.91 Å². The zero-order chi connectivity index (χ0) is 20.7. The van der Waals surface area contributed by atoms with E-state index in [4.69, 9.17) is 4.98 Å². The van der Waals surface area contributed by atoms with Gasteiger partial charge in [0, 0.05) is 54.6 Å². The smallest absolute Gasteiger partial charge is 0.228 e. The molecule has 3 aromatic rings. The third kappa shape index (κ3) is 3.73. The predicted molar refractivity (Wildman–Crippen MR) is 116 cm³/mol. The van der Waals surface area contributed by atoms with Gasteiger partial charge in [-0.1, -0.05) is 6.07 Å². The Morgan fingerprint density at radius 2 is 2.00 bits per heavy atom. The summed E-state index contributed by atoms with van der Waals surface area (Å²) in [6.45, 7) is 5.38. The van der Waals surface area contributed by atoms with E-state index in [9.17, 15) is 9.18 Å². The summed E-state index contributed by atoms with van der Waals surface area (Å²) in [6, 6.07) is 8.62. The molecule has 2 fully saturated rings. The van der Waals surface area contributed by atoms with Crippen LogP contribution in [0.4, 0.5) is 16.0 Å².